The van der Waals surface area contributed by atoms with Gasteiger partial charge < -0.3 is 9.47 Å². The molecule has 0 amide bonds. The standard InChI is InChI=1S/C14H18N2O2/c1-2-16-6-7-17-14(10-16)11-18-13-5-3-4-12(8-13)9-15/h3-5,8,14H,2,6-7,10-11H2,1H3. The summed E-state index contributed by atoms with van der Waals surface area (Å²) in [4.78, 5) is 2.35. The molecule has 0 aromatic heterocycles. The summed E-state index contributed by atoms with van der Waals surface area (Å²) >= 11 is 0. The van der Waals surface area contributed by atoms with Crippen LogP contribution in [0.5, 0.6) is 5.75 Å². The molecular weight excluding hydrogens is 228 g/mol. The van der Waals surface area contributed by atoms with E-state index in [-0.39, 0.29) is 6.10 Å². The topological polar surface area (TPSA) is 45.5 Å². The number of morpholine rings is 1. The Kier molecular flexibility index (Phi) is 4.57. The Hall–Kier alpha value is -1.57. The van der Waals surface area contributed by atoms with E-state index in [1.54, 1.807) is 12.1 Å². The number of ether oxygens (including phenoxy) is 2. The van der Waals surface area contributed by atoms with Crippen LogP contribution >= 0.6 is 0 Å². The lowest BCUT2D eigenvalue weighted by atomic mass is 10.2. The van der Waals surface area contributed by atoms with Gasteiger partial charge in [-0.2, -0.15) is 5.26 Å². The summed E-state index contributed by atoms with van der Waals surface area (Å²) in [5, 5.41) is 8.81. The van der Waals surface area contributed by atoms with Crippen LogP contribution in [0.1, 0.15) is 12.5 Å². The Bertz CT molecular complexity index is 428. The van der Waals surface area contributed by atoms with Crippen molar-refractivity contribution in [1.82, 2.24) is 4.90 Å². The lowest BCUT2D eigenvalue weighted by Gasteiger charge is -2.31. The molecule has 1 unspecified atom stereocenters. The first kappa shape index (κ1) is 12.9. The first-order valence-electron chi connectivity index (χ1n) is 6.28. The average molecular weight is 246 g/mol. The molecule has 0 N–H and O–H groups in total. The Labute approximate surface area is 108 Å². The molecule has 96 valence electrons. The van der Waals surface area contributed by atoms with Crippen molar-refractivity contribution in [2.24, 2.45) is 0 Å². The summed E-state index contributed by atoms with van der Waals surface area (Å²) in [6.07, 6.45) is 0.115. The number of likely N-dealkylation sites (N-methyl/N-ethyl adjacent to an activating group) is 1. The highest BCUT2D eigenvalue weighted by molar-refractivity contribution is 5.36. The normalized spacial score (nSPS) is 20.3. The fourth-order valence-electron chi connectivity index (χ4n) is 2.01. The summed E-state index contributed by atoms with van der Waals surface area (Å²) in [7, 11) is 0. The number of rotatable bonds is 4. The Morgan fingerprint density at radius 1 is 1.56 bits per heavy atom. The van der Waals surface area contributed by atoms with E-state index >= 15 is 0 Å². The van der Waals surface area contributed by atoms with Crippen LogP contribution in [0.25, 0.3) is 0 Å². The van der Waals surface area contributed by atoms with Crippen molar-refractivity contribution in [3.8, 4) is 11.8 Å². The molecule has 0 radical (unpaired) electrons. The van der Waals surface area contributed by atoms with E-state index in [9.17, 15) is 0 Å². The molecule has 4 nitrogen and oxygen atoms in total. The van der Waals surface area contributed by atoms with Crippen LogP contribution in [-0.2, 0) is 4.74 Å². The van der Waals surface area contributed by atoms with Gasteiger partial charge in [-0.15, -0.1) is 0 Å². The van der Waals surface area contributed by atoms with Crippen molar-refractivity contribution in [2.45, 2.75) is 13.0 Å². The molecule has 18 heavy (non-hydrogen) atoms. The van der Waals surface area contributed by atoms with E-state index in [0.29, 0.717) is 12.2 Å². The highest BCUT2D eigenvalue weighted by Crippen LogP contribution is 2.14. The molecule has 1 aliphatic rings. The quantitative estimate of drug-likeness (QED) is 0.810. The van der Waals surface area contributed by atoms with Gasteiger partial charge in [0.1, 0.15) is 18.5 Å². The highest BCUT2D eigenvalue weighted by Gasteiger charge is 2.19. The first-order valence-corrected chi connectivity index (χ1v) is 6.28. The van der Waals surface area contributed by atoms with Crippen molar-refractivity contribution in [2.75, 3.05) is 32.8 Å². The summed E-state index contributed by atoms with van der Waals surface area (Å²) < 4.78 is 11.3. The smallest absolute Gasteiger partial charge is 0.120 e. The Morgan fingerprint density at radius 2 is 2.44 bits per heavy atom. The number of hydrogen-bond acceptors (Lipinski definition) is 4. The maximum atomic E-state index is 8.81. The van der Waals surface area contributed by atoms with Crippen LogP contribution in [0.2, 0.25) is 0 Å². The van der Waals surface area contributed by atoms with E-state index < -0.39 is 0 Å². The zero-order valence-corrected chi connectivity index (χ0v) is 10.6. The molecule has 1 heterocycles. The van der Waals surface area contributed by atoms with Gasteiger partial charge >= 0.3 is 0 Å². The summed E-state index contributed by atoms with van der Waals surface area (Å²) in [5.74, 6) is 0.728. The van der Waals surface area contributed by atoms with Crippen molar-refractivity contribution in [1.29, 1.82) is 5.26 Å². The minimum atomic E-state index is 0.115. The number of nitrogens with zero attached hydrogens (tertiary/aromatic N) is 2. The van der Waals surface area contributed by atoms with Gasteiger partial charge in [-0.25, -0.2) is 0 Å². The summed E-state index contributed by atoms with van der Waals surface area (Å²) in [5.41, 5.74) is 0.618. The molecular formula is C14H18N2O2. The first-order chi connectivity index (χ1) is 8.81. The van der Waals surface area contributed by atoms with Gasteiger partial charge in [0.05, 0.1) is 18.2 Å². The van der Waals surface area contributed by atoms with Crippen LogP contribution < -0.4 is 4.74 Å². The third kappa shape index (κ3) is 3.46. The van der Waals surface area contributed by atoms with Crippen LogP contribution in [-0.4, -0.2) is 43.9 Å². The van der Waals surface area contributed by atoms with Crippen molar-refractivity contribution in [3.05, 3.63) is 29.8 Å². The number of hydrogen-bond donors (Lipinski definition) is 0. The lowest BCUT2D eigenvalue weighted by molar-refractivity contribution is -0.0464. The van der Waals surface area contributed by atoms with Gasteiger partial charge in [-0.3, -0.25) is 4.90 Å². The zero-order valence-electron chi connectivity index (χ0n) is 10.6. The third-order valence-corrected chi connectivity index (χ3v) is 3.07. The van der Waals surface area contributed by atoms with Crippen molar-refractivity contribution < 1.29 is 9.47 Å². The third-order valence-electron chi connectivity index (χ3n) is 3.07. The second kappa shape index (κ2) is 6.39. The lowest BCUT2D eigenvalue weighted by Crippen LogP contribution is -2.44. The number of benzene rings is 1. The fraction of sp³-hybridized carbons (Fsp3) is 0.500. The van der Waals surface area contributed by atoms with Gasteiger partial charge in [0.25, 0.3) is 0 Å². The molecule has 0 bridgehead atoms. The molecule has 4 heteroatoms. The van der Waals surface area contributed by atoms with E-state index in [1.165, 1.54) is 0 Å². The molecule has 1 aromatic rings. The maximum Gasteiger partial charge on any atom is 0.120 e. The minimum Gasteiger partial charge on any atom is -0.491 e. The van der Waals surface area contributed by atoms with E-state index in [0.717, 1.165) is 32.0 Å². The zero-order chi connectivity index (χ0) is 12.8. The Morgan fingerprint density at radius 3 is 3.22 bits per heavy atom. The molecule has 1 aromatic carbocycles. The van der Waals surface area contributed by atoms with Crippen molar-refractivity contribution in [3.63, 3.8) is 0 Å². The number of nitriles is 1. The molecule has 1 fully saturated rings. The predicted molar refractivity (Wildman–Crippen MR) is 68.5 cm³/mol. The fourth-order valence-corrected chi connectivity index (χ4v) is 2.01. The van der Waals surface area contributed by atoms with Crippen LogP contribution in [0.15, 0.2) is 24.3 Å². The molecule has 0 aliphatic carbocycles. The minimum absolute atomic E-state index is 0.115. The highest BCUT2D eigenvalue weighted by atomic mass is 16.5. The molecule has 0 spiro atoms. The SMILES string of the molecule is CCN1CCOC(COc2cccc(C#N)c2)C1. The van der Waals surface area contributed by atoms with Gasteiger partial charge in [-0.1, -0.05) is 13.0 Å². The second-order valence-corrected chi connectivity index (χ2v) is 4.34. The van der Waals surface area contributed by atoms with E-state index in [1.807, 2.05) is 12.1 Å². The predicted octanol–water partition coefficient (Wildman–Crippen LogP) is 1.66. The van der Waals surface area contributed by atoms with Gasteiger partial charge in [0, 0.05) is 13.1 Å². The van der Waals surface area contributed by atoms with Crippen molar-refractivity contribution >= 4 is 0 Å². The van der Waals surface area contributed by atoms with Gasteiger partial charge in [-0.05, 0) is 24.7 Å². The Balaban J connectivity index is 1.85. The molecule has 1 aliphatic heterocycles. The maximum absolute atomic E-state index is 8.81. The van der Waals surface area contributed by atoms with E-state index in [4.69, 9.17) is 14.7 Å². The molecule has 0 saturated carbocycles. The summed E-state index contributed by atoms with van der Waals surface area (Å²) in [6, 6.07) is 9.31. The van der Waals surface area contributed by atoms with Crippen LogP contribution in [0.4, 0.5) is 0 Å². The van der Waals surface area contributed by atoms with Gasteiger partial charge in [0.15, 0.2) is 0 Å². The van der Waals surface area contributed by atoms with E-state index in [2.05, 4.69) is 17.9 Å². The van der Waals surface area contributed by atoms with Gasteiger partial charge in [0.2, 0.25) is 0 Å². The van der Waals surface area contributed by atoms with Crippen LogP contribution in [0, 0.1) is 11.3 Å². The molecule has 1 atom stereocenters. The average Bonchev–Trinajstić information content (AvgIpc) is 2.45. The molecule has 2 rings (SSSR count). The largest absolute Gasteiger partial charge is 0.491 e. The molecule has 1 saturated heterocycles. The summed E-state index contributed by atoms with van der Waals surface area (Å²) in [6.45, 7) is 6.40. The monoisotopic (exact) mass is 246 g/mol. The second-order valence-electron chi connectivity index (χ2n) is 4.34. The van der Waals surface area contributed by atoms with Crippen LogP contribution in [0.3, 0.4) is 0 Å².